The Morgan fingerprint density at radius 3 is 2.31 bits per heavy atom. The number of hydrogen-bond acceptors (Lipinski definition) is 3. The van der Waals surface area contributed by atoms with Crippen LogP contribution in [-0.2, 0) is 10.1 Å². The fourth-order valence-electron chi connectivity index (χ4n) is 0.719. The van der Waals surface area contributed by atoms with E-state index in [-0.39, 0.29) is 9.50 Å². The molecule has 1 rings (SSSR count). The van der Waals surface area contributed by atoms with Crippen LogP contribution in [0.15, 0.2) is 22.7 Å². The highest BCUT2D eigenvalue weighted by atomic mass is 79.9. The van der Waals surface area contributed by atoms with Crippen molar-refractivity contribution in [2.45, 2.75) is 5.51 Å². The molecule has 9 heteroatoms. The van der Waals surface area contributed by atoms with Crippen LogP contribution in [0.3, 0.4) is 0 Å². The Balaban J connectivity index is 3.17. The quantitative estimate of drug-likeness (QED) is 0.613. The highest BCUT2D eigenvalue weighted by Crippen LogP contribution is 2.36. The summed E-state index contributed by atoms with van der Waals surface area (Å²) in [5.41, 5.74) is -5.49. The van der Waals surface area contributed by atoms with E-state index in [0.717, 1.165) is 0 Å². The van der Waals surface area contributed by atoms with Gasteiger partial charge in [-0.25, -0.2) is 0 Å². The molecule has 0 aliphatic rings. The Hall–Kier alpha value is -0.470. The molecule has 1 aromatic rings. The molecule has 0 N–H and O–H groups in total. The molecule has 0 amide bonds. The number of benzene rings is 1. The third-order valence-corrected chi connectivity index (χ3v) is 3.27. The van der Waals surface area contributed by atoms with Gasteiger partial charge in [-0.1, -0.05) is 17.7 Å². The maximum Gasteiger partial charge on any atom is 0.534 e. The minimum absolute atomic E-state index is 0.00725. The number of hydrogen-bond donors (Lipinski definition) is 0. The van der Waals surface area contributed by atoms with Gasteiger partial charge in [-0.3, -0.25) is 0 Å². The summed E-state index contributed by atoms with van der Waals surface area (Å²) >= 11 is 8.32. The van der Waals surface area contributed by atoms with E-state index in [1.165, 1.54) is 18.2 Å². The first kappa shape index (κ1) is 13.6. The largest absolute Gasteiger partial charge is 0.534 e. The van der Waals surface area contributed by atoms with Crippen LogP contribution in [0.1, 0.15) is 0 Å². The lowest BCUT2D eigenvalue weighted by Gasteiger charge is -2.11. The summed E-state index contributed by atoms with van der Waals surface area (Å²) < 4.78 is 61.3. The predicted octanol–water partition coefficient (Wildman–Crippen LogP) is 3.33. The molecule has 90 valence electrons. The topological polar surface area (TPSA) is 43.4 Å². The zero-order chi connectivity index (χ0) is 12.6. The second kappa shape index (κ2) is 4.42. The van der Waals surface area contributed by atoms with Gasteiger partial charge < -0.3 is 4.18 Å². The van der Waals surface area contributed by atoms with Gasteiger partial charge in [0.05, 0.1) is 9.50 Å². The second-order valence-electron chi connectivity index (χ2n) is 2.53. The molecule has 0 unspecified atom stereocenters. The number of rotatable bonds is 2. The maximum absolute atomic E-state index is 12.0. The van der Waals surface area contributed by atoms with Gasteiger partial charge in [0, 0.05) is 0 Å². The van der Waals surface area contributed by atoms with Gasteiger partial charge in [0.1, 0.15) is 0 Å². The monoisotopic (exact) mass is 338 g/mol. The van der Waals surface area contributed by atoms with Crippen LogP contribution in [0.25, 0.3) is 0 Å². The van der Waals surface area contributed by atoms with Crippen molar-refractivity contribution in [3.63, 3.8) is 0 Å². The van der Waals surface area contributed by atoms with E-state index in [1.807, 2.05) is 0 Å². The molecule has 0 fully saturated rings. The smallest absolute Gasteiger partial charge is 0.373 e. The molecule has 0 radical (unpaired) electrons. The number of halogens is 5. The van der Waals surface area contributed by atoms with Crippen molar-refractivity contribution >= 4 is 37.6 Å². The number of para-hydroxylation sites is 1. The molecule has 0 aliphatic carbocycles. The average Bonchev–Trinajstić information content (AvgIpc) is 2.10. The number of alkyl halides is 3. The standard InChI is InChI=1S/C7H3BrClF3O3S/c8-4-2-1-3-5(9)6(4)15-16(13,14)7(10,11)12/h1-3H. The van der Waals surface area contributed by atoms with E-state index in [0.29, 0.717) is 0 Å². The normalized spacial score (nSPS) is 12.6. The molecule has 0 spiro atoms. The average molecular weight is 340 g/mol. The third kappa shape index (κ3) is 2.80. The Kier molecular flexibility index (Phi) is 3.76. The zero-order valence-corrected chi connectivity index (χ0v) is 10.4. The third-order valence-electron chi connectivity index (χ3n) is 1.40. The highest BCUT2D eigenvalue weighted by molar-refractivity contribution is 9.10. The molecule has 0 heterocycles. The summed E-state index contributed by atoms with van der Waals surface area (Å²) in [5, 5.41) is -0.248. The molecule has 0 aliphatic heterocycles. The minimum atomic E-state index is -5.71. The highest BCUT2D eigenvalue weighted by Gasteiger charge is 2.49. The van der Waals surface area contributed by atoms with Crippen molar-refractivity contribution in [3.05, 3.63) is 27.7 Å². The van der Waals surface area contributed by atoms with Crippen molar-refractivity contribution in [1.82, 2.24) is 0 Å². The lowest BCUT2D eigenvalue weighted by molar-refractivity contribution is -0.0500. The van der Waals surface area contributed by atoms with Gasteiger partial charge in [-0.15, -0.1) is 0 Å². The fourth-order valence-corrected chi connectivity index (χ4v) is 2.14. The van der Waals surface area contributed by atoms with Crippen molar-refractivity contribution < 1.29 is 25.8 Å². The van der Waals surface area contributed by atoms with Crippen LogP contribution in [0.2, 0.25) is 5.02 Å². The molecule has 0 atom stereocenters. The molecule has 0 saturated heterocycles. The van der Waals surface area contributed by atoms with Gasteiger partial charge in [0.15, 0.2) is 5.75 Å². The summed E-state index contributed by atoms with van der Waals surface area (Å²) in [7, 11) is -5.71. The SMILES string of the molecule is O=S(=O)(Oc1c(Cl)cccc1Br)C(F)(F)F. The van der Waals surface area contributed by atoms with Gasteiger partial charge in [0.25, 0.3) is 0 Å². The minimum Gasteiger partial charge on any atom is -0.373 e. The Bertz CT molecular complexity index is 480. The van der Waals surface area contributed by atoms with Crippen molar-refractivity contribution in [2.75, 3.05) is 0 Å². The van der Waals surface area contributed by atoms with Crippen molar-refractivity contribution in [2.24, 2.45) is 0 Å². The predicted molar refractivity (Wildman–Crippen MR) is 54.8 cm³/mol. The first-order valence-electron chi connectivity index (χ1n) is 3.60. The molecule has 0 saturated carbocycles. The summed E-state index contributed by atoms with van der Waals surface area (Å²) in [6.07, 6.45) is 0. The molecule has 0 bridgehead atoms. The second-order valence-corrected chi connectivity index (χ2v) is 5.33. The van der Waals surface area contributed by atoms with Crippen molar-refractivity contribution in [1.29, 1.82) is 0 Å². The van der Waals surface area contributed by atoms with E-state index in [4.69, 9.17) is 11.6 Å². The summed E-state index contributed by atoms with van der Waals surface area (Å²) in [6.45, 7) is 0. The van der Waals surface area contributed by atoms with E-state index >= 15 is 0 Å². The Labute approximate surface area is 102 Å². The van der Waals surface area contributed by atoms with Gasteiger partial charge >= 0.3 is 15.6 Å². The summed E-state index contributed by atoms with van der Waals surface area (Å²) in [6, 6.07) is 3.92. The first-order valence-corrected chi connectivity index (χ1v) is 6.18. The van der Waals surface area contributed by atoms with E-state index in [1.54, 1.807) is 0 Å². The van der Waals surface area contributed by atoms with Crippen LogP contribution in [0.5, 0.6) is 5.75 Å². The van der Waals surface area contributed by atoms with Gasteiger partial charge in [-0.05, 0) is 28.1 Å². The van der Waals surface area contributed by atoms with Gasteiger partial charge in [0.2, 0.25) is 0 Å². The van der Waals surface area contributed by atoms with Gasteiger partial charge in [-0.2, -0.15) is 21.6 Å². The van der Waals surface area contributed by atoms with Crippen LogP contribution >= 0.6 is 27.5 Å². The Morgan fingerprint density at radius 1 is 1.31 bits per heavy atom. The fraction of sp³-hybridized carbons (Fsp3) is 0.143. The lowest BCUT2D eigenvalue weighted by atomic mass is 10.3. The summed E-state index contributed by atoms with van der Waals surface area (Å²) in [5.74, 6) is -0.596. The van der Waals surface area contributed by atoms with Crippen LogP contribution in [-0.4, -0.2) is 13.9 Å². The summed E-state index contributed by atoms with van der Waals surface area (Å²) in [4.78, 5) is 0. The first-order chi connectivity index (χ1) is 7.15. The molecule has 16 heavy (non-hydrogen) atoms. The zero-order valence-electron chi connectivity index (χ0n) is 7.25. The Morgan fingerprint density at radius 2 is 1.88 bits per heavy atom. The van der Waals surface area contributed by atoms with E-state index in [2.05, 4.69) is 20.1 Å². The molecule has 1 aromatic carbocycles. The molecule has 3 nitrogen and oxygen atoms in total. The van der Waals surface area contributed by atoms with E-state index < -0.39 is 21.4 Å². The molecule has 0 aromatic heterocycles. The van der Waals surface area contributed by atoms with Crippen LogP contribution < -0.4 is 4.18 Å². The lowest BCUT2D eigenvalue weighted by Crippen LogP contribution is -2.28. The maximum atomic E-state index is 12.0. The van der Waals surface area contributed by atoms with Crippen LogP contribution in [0.4, 0.5) is 13.2 Å². The van der Waals surface area contributed by atoms with Crippen molar-refractivity contribution in [3.8, 4) is 5.75 Å². The van der Waals surface area contributed by atoms with E-state index in [9.17, 15) is 21.6 Å². The van der Waals surface area contributed by atoms with Crippen LogP contribution in [0, 0.1) is 0 Å². The molecular weight excluding hydrogens is 336 g/mol. The molecular formula is C7H3BrClF3O3S.